The van der Waals surface area contributed by atoms with E-state index in [0.717, 1.165) is 12.0 Å². The molecule has 1 saturated heterocycles. The van der Waals surface area contributed by atoms with Crippen LogP contribution in [0.15, 0.2) is 60.7 Å². The van der Waals surface area contributed by atoms with Gasteiger partial charge >= 0.3 is 0 Å². The summed E-state index contributed by atoms with van der Waals surface area (Å²) in [6.07, 6.45) is 0.826. The normalized spacial score (nSPS) is 25.4. The van der Waals surface area contributed by atoms with Crippen LogP contribution in [0.4, 0.5) is 0 Å². The topological polar surface area (TPSA) is 56.7 Å². The van der Waals surface area contributed by atoms with Gasteiger partial charge in [0.15, 0.2) is 0 Å². The van der Waals surface area contributed by atoms with E-state index in [9.17, 15) is 9.90 Å². The maximum atomic E-state index is 11.5. The molecule has 3 rings (SSSR count). The Morgan fingerprint density at radius 1 is 0.952 bits per heavy atom. The molecule has 0 amide bonds. The van der Waals surface area contributed by atoms with Gasteiger partial charge in [-0.05, 0) is 5.56 Å². The van der Waals surface area contributed by atoms with E-state index in [1.807, 2.05) is 48.5 Å². The van der Waals surface area contributed by atoms with Crippen molar-refractivity contribution in [2.75, 3.05) is 6.54 Å². The van der Waals surface area contributed by atoms with Gasteiger partial charge in [0, 0.05) is 17.9 Å². The number of aliphatic carboxylic acids is 1. The summed E-state index contributed by atoms with van der Waals surface area (Å²) >= 11 is 0. The zero-order valence-electron chi connectivity index (χ0n) is 11.8. The van der Waals surface area contributed by atoms with Crippen LogP contribution in [0, 0.1) is 5.92 Å². The monoisotopic (exact) mass is 281 g/mol. The molecule has 0 spiro atoms. The Morgan fingerprint density at radius 3 is 2.10 bits per heavy atom. The average molecular weight is 281 g/mol. The Kier molecular flexibility index (Phi) is 4.02. The molecule has 3 nitrogen and oxygen atoms in total. The standard InChI is InChI=1S/C18H19NO2/c20-18(21)16-12-19-17(14-9-5-2-6-10-14)11-15(16)13-7-3-1-4-8-13/h1-10,15-17,19H,11-12H2,(H,20,21)/t15-,16+,17+/m1/s1. The quantitative estimate of drug-likeness (QED) is 0.906. The Hall–Kier alpha value is -2.13. The highest BCUT2D eigenvalue weighted by molar-refractivity contribution is 5.69. The maximum absolute atomic E-state index is 11.5. The third-order valence-electron chi connectivity index (χ3n) is 4.43. The summed E-state index contributed by atoms with van der Waals surface area (Å²) in [5.41, 5.74) is 2.36. The first-order valence-corrected chi connectivity index (χ1v) is 7.40. The van der Waals surface area contributed by atoms with Gasteiger partial charge in [-0.15, -0.1) is 0 Å². The van der Waals surface area contributed by atoms with E-state index in [-0.39, 0.29) is 5.92 Å². The van der Waals surface area contributed by atoms with Crippen molar-refractivity contribution in [3.05, 3.63) is 71.8 Å². The number of carbonyl (C=O) groups is 1. The fraction of sp³-hybridized carbons (Fsp3) is 0.278. The van der Waals surface area contributed by atoms with Gasteiger partial charge in [0.25, 0.3) is 0 Å². The first-order chi connectivity index (χ1) is 10.3. The molecule has 2 aromatic carbocycles. The van der Waals surface area contributed by atoms with Crippen LogP contribution < -0.4 is 10.4 Å². The number of quaternary nitrogens is 1. The van der Waals surface area contributed by atoms with Crippen LogP contribution in [0.25, 0.3) is 0 Å². The third-order valence-corrected chi connectivity index (χ3v) is 4.43. The number of rotatable bonds is 3. The van der Waals surface area contributed by atoms with Crippen LogP contribution in [0.1, 0.15) is 29.5 Å². The summed E-state index contributed by atoms with van der Waals surface area (Å²) in [5.74, 6) is -1.34. The lowest BCUT2D eigenvalue weighted by Crippen LogP contribution is -2.89. The van der Waals surface area contributed by atoms with Gasteiger partial charge in [-0.2, -0.15) is 0 Å². The highest BCUT2D eigenvalue weighted by Crippen LogP contribution is 2.34. The summed E-state index contributed by atoms with van der Waals surface area (Å²) in [4.78, 5) is 11.5. The van der Waals surface area contributed by atoms with E-state index in [1.165, 1.54) is 5.56 Å². The molecule has 2 aromatic rings. The zero-order valence-corrected chi connectivity index (χ0v) is 11.8. The zero-order chi connectivity index (χ0) is 14.7. The summed E-state index contributed by atoms with van der Waals surface area (Å²) in [6.45, 7) is 0.571. The van der Waals surface area contributed by atoms with Crippen LogP contribution in [0.5, 0.6) is 0 Å². The third kappa shape index (κ3) is 2.98. The molecule has 1 heterocycles. The number of carboxylic acid groups (broad SMARTS) is 1. The van der Waals surface area contributed by atoms with Crippen molar-refractivity contribution in [3.8, 4) is 0 Å². The number of carbonyl (C=O) groups excluding carboxylic acids is 1. The lowest BCUT2D eigenvalue weighted by Gasteiger charge is -2.35. The van der Waals surface area contributed by atoms with Crippen molar-refractivity contribution >= 4 is 5.97 Å². The minimum Gasteiger partial charge on any atom is -0.550 e. The molecule has 21 heavy (non-hydrogen) atoms. The molecule has 0 bridgehead atoms. The van der Waals surface area contributed by atoms with Gasteiger partial charge in [0.1, 0.15) is 6.04 Å². The Labute approximate surface area is 124 Å². The Bertz CT molecular complexity index is 597. The lowest BCUT2D eigenvalue weighted by molar-refractivity contribution is -0.710. The molecule has 108 valence electrons. The number of hydrogen-bond donors (Lipinski definition) is 1. The van der Waals surface area contributed by atoms with Gasteiger partial charge in [-0.1, -0.05) is 60.7 Å². The molecule has 0 unspecified atom stereocenters. The van der Waals surface area contributed by atoms with Crippen molar-refractivity contribution in [1.29, 1.82) is 0 Å². The summed E-state index contributed by atoms with van der Waals surface area (Å²) in [6, 6.07) is 20.6. The van der Waals surface area contributed by atoms with Crippen molar-refractivity contribution < 1.29 is 15.2 Å². The van der Waals surface area contributed by atoms with Crippen LogP contribution in [-0.2, 0) is 4.79 Å². The van der Waals surface area contributed by atoms with Crippen LogP contribution in [0.3, 0.4) is 0 Å². The smallest absolute Gasteiger partial charge is 0.112 e. The molecule has 1 fully saturated rings. The first kappa shape index (κ1) is 13.8. The molecule has 0 aromatic heterocycles. The van der Waals surface area contributed by atoms with Crippen LogP contribution in [0.2, 0.25) is 0 Å². The molecule has 0 saturated carbocycles. The molecule has 3 heteroatoms. The number of benzene rings is 2. The summed E-state index contributed by atoms with van der Waals surface area (Å²) < 4.78 is 0. The number of hydrogen-bond acceptors (Lipinski definition) is 2. The predicted octanol–water partition coefficient (Wildman–Crippen LogP) is 0.845. The van der Waals surface area contributed by atoms with E-state index in [1.54, 1.807) is 0 Å². The van der Waals surface area contributed by atoms with E-state index < -0.39 is 11.9 Å². The van der Waals surface area contributed by atoms with E-state index in [0.29, 0.717) is 12.6 Å². The molecule has 1 aliphatic heterocycles. The second kappa shape index (κ2) is 6.10. The second-order valence-corrected chi connectivity index (χ2v) is 5.67. The summed E-state index contributed by atoms with van der Waals surface area (Å²) in [5, 5.41) is 13.6. The highest BCUT2D eigenvalue weighted by Gasteiger charge is 2.35. The molecule has 0 radical (unpaired) electrons. The number of carboxylic acids is 1. The Morgan fingerprint density at radius 2 is 1.52 bits per heavy atom. The van der Waals surface area contributed by atoms with Gasteiger partial charge in [-0.3, -0.25) is 0 Å². The van der Waals surface area contributed by atoms with Crippen molar-refractivity contribution in [1.82, 2.24) is 0 Å². The minimum absolute atomic E-state index is 0.0198. The summed E-state index contributed by atoms with van der Waals surface area (Å²) in [7, 11) is 0. The molecule has 3 atom stereocenters. The SMILES string of the molecule is O=C([O-])[C@H]1C[NH2+][C@H](c2ccccc2)C[C@@H]1c1ccccc1. The van der Waals surface area contributed by atoms with Crippen molar-refractivity contribution in [3.63, 3.8) is 0 Å². The maximum Gasteiger partial charge on any atom is 0.112 e. The van der Waals surface area contributed by atoms with E-state index >= 15 is 0 Å². The van der Waals surface area contributed by atoms with Gasteiger partial charge in [0.05, 0.1) is 18.4 Å². The molecule has 1 aliphatic rings. The molecule has 0 aliphatic carbocycles. The van der Waals surface area contributed by atoms with Gasteiger partial charge in [0.2, 0.25) is 0 Å². The average Bonchev–Trinajstić information content (AvgIpc) is 2.56. The lowest BCUT2D eigenvalue weighted by atomic mass is 9.77. The fourth-order valence-electron chi connectivity index (χ4n) is 3.31. The van der Waals surface area contributed by atoms with Crippen molar-refractivity contribution in [2.45, 2.75) is 18.4 Å². The molecular weight excluding hydrogens is 262 g/mol. The predicted molar refractivity (Wildman–Crippen MR) is 78.3 cm³/mol. The number of nitrogens with two attached hydrogens (primary N) is 1. The molecular formula is C18H19NO2. The Balaban J connectivity index is 1.87. The fourth-order valence-corrected chi connectivity index (χ4v) is 3.31. The van der Waals surface area contributed by atoms with Crippen LogP contribution in [-0.4, -0.2) is 12.5 Å². The largest absolute Gasteiger partial charge is 0.550 e. The van der Waals surface area contributed by atoms with Crippen molar-refractivity contribution in [2.24, 2.45) is 5.92 Å². The van der Waals surface area contributed by atoms with E-state index in [4.69, 9.17) is 0 Å². The van der Waals surface area contributed by atoms with Gasteiger partial charge in [-0.25, -0.2) is 0 Å². The highest BCUT2D eigenvalue weighted by atomic mass is 16.4. The molecule has 2 N–H and O–H groups in total. The van der Waals surface area contributed by atoms with E-state index in [2.05, 4.69) is 17.4 Å². The second-order valence-electron chi connectivity index (χ2n) is 5.67. The minimum atomic E-state index is -0.938. The van der Waals surface area contributed by atoms with Crippen LogP contribution >= 0.6 is 0 Å². The first-order valence-electron chi connectivity index (χ1n) is 7.40. The van der Waals surface area contributed by atoms with Gasteiger partial charge < -0.3 is 15.2 Å². The number of piperidine rings is 1.